The lowest BCUT2D eigenvalue weighted by Gasteiger charge is -2.28. The Kier molecular flexibility index (Phi) is 5.18. The second-order valence-electron chi connectivity index (χ2n) is 4.51. The summed E-state index contributed by atoms with van der Waals surface area (Å²) in [7, 11) is 0.752. The summed E-state index contributed by atoms with van der Waals surface area (Å²) < 4.78 is 43.3. The number of nitrogens with zero attached hydrogens (tertiary/aromatic N) is 1. The Labute approximate surface area is 125 Å². The average Bonchev–Trinajstić information content (AvgIpc) is 2.45. The summed E-state index contributed by atoms with van der Waals surface area (Å²) in [5.74, 6) is -2.11. The van der Waals surface area contributed by atoms with Crippen molar-refractivity contribution in [1.82, 2.24) is 0 Å². The van der Waals surface area contributed by atoms with E-state index < -0.39 is 23.3 Å². The van der Waals surface area contributed by atoms with Gasteiger partial charge in [0.1, 0.15) is 0 Å². The number of methoxy groups -OCH3 is 1. The average molecular weight is 319 g/mol. The van der Waals surface area contributed by atoms with Gasteiger partial charge in [0, 0.05) is 24.7 Å². The van der Waals surface area contributed by atoms with E-state index in [2.05, 4.69) is 4.74 Å². The molecule has 1 atom stereocenters. The van der Waals surface area contributed by atoms with Gasteiger partial charge in [-0.2, -0.15) is 13.2 Å². The molecule has 1 unspecified atom stereocenters. The molecule has 0 heterocycles. The molecular weight excluding hydrogens is 303 g/mol. The van der Waals surface area contributed by atoms with Crippen molar-refractivity contribution in [3.8, 4) is 0 Å². The van der Waals surface area contributed by atoms with Gasteiger partial charge in [-0.3, -0.25) is 4.79 Å². The summed E-state index contributed by atoms with van der Waals surface area (Å²) in [6.07, 6.45) is -5.24. The predicted octanol–water partition coefficient (Wildman–Crippen LogP) is 1.98. The van der Waals surface area contributed by atoms with Crippen LogP contribution in [0.3, 0.4) is 0 Å². The number of rotatable bonds is 4. The highest BCUT2D eigenvalue weighted by Crippen LogP contribution is 2.40. The quantitative estimate of drug-likeness (QED) is 0.862. The Bertz CT molecular complexity index is 556. The topological polar surface area (TPSA) is 66.8 Å². The van der Waals surface area contributed by atoms with Crippen LogP contribution in [0, 0.1) is 0 Å². The molecule has 1 amide bonds. The van der Waals surface area contributed by atoms with Crippen LogP contribution in [-0.4, -0.2) is 36.8 Å². The molecule has 0 aliphatic heterocycles. The molecule has 0 aliphatic rings. The number of carbonyl (C=O) groups is 2. The number of esters is 1. The molecule has 1 aromatic rings. The van der Waals surface area contributed by atoms with Crippen LogP contribution in [0.15, 0.2) is 24.3 Å². The van der Waals surface area contributed by atoms with E-state index in [4.69, 9.17) is 0 Å². The zero-order valence-corrected chi connectivity index (χ0v) is 12.3. The minimum Gasteiger partial charge on any atom is -0.466 e. The number of ether oxygens (including phenoxy) is 1. The summed E-state index contributed by atoms with van der Waals surface area (Å²) in [4.78, 5) is 24.1. The minimum atomic E-state index is -5.24. The third-order valence-electron chi connectivity index (χ3n) is 3.18. The normalized spacial score (nSPS) is 14.1. The highest BCUT2D eigenvalue weighted by atomic mass is 19.4. The first kappa shape index (κ1) is 18.0. The number of anilines is 1. The fourth-order valence-corrected chi connectivity index (χ4v) is 2.01. The number of hydrogen-bond acceptors (Lipinski definition) is 4. The van der Waals surface area contributed by atoms with Crippen LogP contribution < -0.4 is 4.90 Å². The van der Waals surface area contributed by atoms with Crippen molar-refractivity contribution in [2.24, 2.45) is 0 Å². The summed E-state index contributed by atoms with van der Waals surface area (Å²) in [6, 6.07) is 4.32. The number of alkyl halides is 3. The van der Waals surface area contributed by atoms with Crippen LogP contribution in [0.25, 0.3) is 0 Å². The Morgan fingerprint density at radius 2 is 1.73 bits per heavy atom. The third kappa shape index (κ3) is 3.06. The van der Waals surface area contributed by atoms with E-state index in [-0.39, 0.29) is 5.91 Å². The van der Waals surface area contributed by atoms with Gasteiger partial charge in [0.25, 0.3) is 5.60 Å². The van der Waals surface area contributed by atoms with E-state index in [1.807, 2.05) is 0 Å². The molecular formula is C14H16F3NO4. The predicted molar refractivity (Wildman–Crippen MR) is 72.1 cm³/mol. The van der Waals surface area contributed by atoms with E-state index in [1.54, 1.807) is 6.92 Å². The number of amides is 1. The van der Waals surface area contributed by atoms with Gasteiger partial charge >= 0.3 is 12.1 Å². The Morgan fingerprint density at radius 1 is 1.23 bits per heavy atom. The molecule has 5 nitrogen and oxygen atoms in total. The summed E-state index contributed by atoms with van der Waals surface area (Å²) in [6.45, 7) is 3.35. The summed E-state index contributed by atoms with van der Waals surface area (Å²) in [5, 5.41) is 9.80. The number of aliphatic hydroxyl groups is 1. The van der Waals surface area contributed by atoms with E-state index in [0.717, 1.165) is 19.2 Å². The van der Waals surface area contributed by atoms with Crippen LogP contribution in [0.2, 0.25) is 0 Å². The molecule has 22 heavy (non-hydrogen) atoms. The molecule has 0 aromatic heterocycles. The molecule has 0 saturated carbocycles. The van der Waals surface area contributed by atoms with Gasteiger partial charge in [0.15, 0.2) is 0 Å². The molecule has 0 spiro atoms. The van der Waals surface area contributed by atoms with Crippen molar-refractivity contribution in [3.05, 3.63) is 29.8 Å². The molecule has 0 bridgehead atoms. The first-order valence-electron chi connectivity index (χ1n) is 6.35. The van der Waals surface area contributed by atoms with Gasteiger partial charge in [0.2, 0.25) is 5.91 Å². The molecule has 0 fully saturated rings. The first-order valence-corrected chi connectivity index (χ1v) is 6.35. The molecule has 1 rings (SSSR count). The summed E-state index contributed by atoms with van der Waals surface area (Å²) >= 11 is 0. The second-order valence-corrected chi connectivity index (χ2v) is 4.51. The maximum Gasteiger partial charge on any atom is 0.432 e. The van der Waals surface area contributed by atoms with Crippen LogP contribution in [-0.2, 0) is 19.9 Å². The van der Waals surface area contributed by atoms with E-state index >= 15 is 0 Å². The number of hydrogen-bond donors (Lipinski definition) is 1. The fourth-order valence-electron chi connectivity index (χ4n) is 2.01. The molecule has 1 aromatic carbocycles. The molecule has 0 aliphatic carbocycles. The van der Waals surface area contributed by atoms with E-state index in [9.17, 15) is 27.9 Å². The Morgan fingerprint density at radius 3 is 2.05 bits per heavy atom. The Hall–Kier alpha value is -2.09. The monoisotopic (exact) mass is 319 g/mol. The Balaban J connectivity index is 3.31. The largest absolute Gasteiger partial charge is 0.466 e. The lowest BCUT2D eigenvalue weighted by Crippen LogP contribution is -2.49. The van der Waals surface area contributed by atoms with Crippen molar-refractivity contribution in [3.63, 3.8) is 0 Å². The molecule has 122 valence electrons. The van der Waals surface area contributed by atoms with E-state index in [0.29, 0.717) is 12.2 Å². The minimum absolute atomic E-state index is 0.283. The molecule has 8 heteroatoms. The lowest BCUT2D eigenvalue weighted by atomic mass is 9.93. The zero-order valence-electron chi connectivity index (χ0n) is 12.3. The summed E-state index contributed by atoms with van der Waals surface area (Å²) in [5.41, 5.74) is -4.09. The highest BCUT2D eigenvalue weighted by Gasteiger charge is 2.62. The lowest BCUT2D eigenvalue weighted by molar-refractivity contribution is -0.266. The van der Waals surface area contributed by atoms with Gasteiger partial charge in [-0.1, -0.05) is 12.1 Å². The fraction of sp³-hybridized carbons (Fsp3) is 0.429. The smallest absolute Gasteiger partial charge is 0.432 e. The van der Waals surface area contributed by atoms with Crippen molar-refractivity contribution in [2.45, 2.75) is 25.6 Å². The maximum absolute atomic E-state index is 13.1. The standard InChI is InChI=1S/C14H16F3NO4/c1-4-18(9(2)19)11-7-5-10(6-8-11)13(21,12(20)22-3)14(15,16)17/h5-8,21H,4H2,1-3H3. The van der Waals surface area contributed by atoms with Crippen LogP contribution in [0.5, 0.6) is 0 Å². The van der Waals surface area contributed by atoms with Gasteiger partial charge in [-0.05, 0) is 19.1 Å². The van der Waals surface area contributed by atoms with Crippen LogP contribution >= 0.6 is 0 Å². The van der Waals surface area contributed by atoms with Crippen molar-refractivity contribution >= 4 is 17.6 Å². The second kappa shape index (κ2) is 6.35. The number of carbonyl (C=O) groups excluding carboxylic acids is 2. The van der Waals surface area contributed by atoms with Crippen molar-refractivity contribution in [1.29, 1.82) is 0 Å². The molecule has 0 radical (unpaired) electrons. The third-order valence-corrected chi connectivity index (χ3v) is 3.18. The zero-order chi connectivity index (χ0) is 17.1. The van der Waals surface area contributed by atoms with Crippen molar-refractivity contribution < 1.29 is 32.6 Å². The number of halogens is 3. The van der Waals surface area contributed by atoms with Gasteiger partial charge in [0.05, 0.1) is 7.11 Å². The number of benzene rings is 1. The molecule has 0 saturated heterocycles. The first-order chi connectivity index (χ1) is 10.1. The highest BCUT2D eigenvalue weighted by molar-refractivity contribution is 5.91. The van der Waals surface area contributed by atoms with E-state index in [1.165, 1.54) is 24.0 Å². The van der Waals surface area contributed by atoms with Crippen LogP contribution in [0.4, 0.5) is 18.9 Å². The van der Waals surface area contributed by atoms with Gasteiger partial charge < -0.3 is 14.7 Å². The molecule has 1 N–H and O–H groups in total. The van der Waals surface area contributed by atoms with Gasteiger partial charge in [-0.15, -0.1) is 0 Å². The van der Waals surface area contributed by atoms with Crippen molar-refractivity contribution in [2.75, 3.05) is 18.6 Å². The SMILES string of the molecule is CCN(C(C)=O)c1ccc(C(O)(C(=O)OC)C(F)(F)F)cc1. The van der Waals surface area contributed by atoms with Crippen LogP contribution in [0.1, 0.15) is 19.4 Å². The van der Waals surface area contributed by atoms with Gasteiger partial charge in [-0.25, -0.2) is 4.79 Å². The maximum atomic E-state index is 13.1.